The molecular weight excluding hydrogens is 372 g/mol. The maximum atomic E-state index is 11.3. The summed E-state index contributed by atoms with van der Waals surface area (Å²) in [7, 11) is 1.91. The summed E-state index contributed by atoms with van der Waals surface area (Å²) in [5.74, 6) is -0.720. The molecule has 2 N–H and O–H groups in total. The number of carbonyl (C=O) groups excluding carboxylic acids is 1. The summed E-state index contributed by atoms with van der Waals surface area (Å²) in [5, 5.41) is 11.5. The maximum absolute atomic E-state index is 11.3. The monoisotopic (exact) mass is 400 g/mol. The fourth-order valence-electron chi connectivity index (χ4n) is 3.77. The summed E-state index contributed by atoms with van der Waals surface area (Å²) in [6, 6.07) is 18.8. The summed E-state index contributed by atoms with van der Waals surface area (Å²) in [6.07, 6.45) is 3.78. The molecule has 0 saturated carbocycles. The molecule has 1 amide bonds. The Kier molecular flexibility index (Phi) is 6.58. The van der Waals surface area contributed by atoms with Crippen LogP contribution in [-0.2, 0) is 11.8 Å². The van der Waals surface area contributed by atoms with Crippen molar-refractivity contribution in [3.8, 4) is 17.3 Å². The molecule has 0 aliphatic rings. The number of nitrogens with two attached hydrogens (primary N) is 1. The van der Waals surface area contributed by atoms with Crippen molar-refractivity contribution < 1.29 is 4.79 Å². The van der Waals surface area contributed by atoms with Crippen molar-refractivity contribution in [3.63, 3.8) is 0 Å². The first-order valence-electron chi connectivity index (χ1n) is 10.3. The first kappa shape index (κ1) is 21.2. The molecule has 5 heteroatoms. The zero-order valence-electron chi connectivity index (χ0n) is 17.9. The normalized spacial score (nSPS) is 11.5. The lowest BCUT2D eigenvalue weighted by Gasteiger charge is -2.24. The van der Waals surface area contributed by atoms with Gasteiger partial charge in [0.05, 0.1) is 0 Å². The van der Waals surface area contributed by atoms with Crippen LogP contribution in [0.3, 0.4) is 0 Å². The van der Waals surface area contributed by atoms with Gasteiger partial charge >= 0.3 is 0 Å². The van der Waals surface area contributed by atoms with Gasteiger partial charge in [0.15, 0.2) is 0 Å². The minimum Gasteiger partial charge on any atom is -0.372 e. The molecule has 0 unspecified atom stereocenters. The number of nitriles is 1. The number of carbonyl (C=O) groups is 1. The predicted octanol–water partition coefficient (Wildman–Crippen LogP) is 4.86. The minimum absolute atomic E-state index is 0.0579. The van der Waals surface area contributed by atoms with Gasteiger partial charge in [-0.15, -0.1) is 0 Å². The molecule has 0 fully saturated rings. The van der Waals surface area contributed by atoms with Crippen molar-refractivity contribution in [2.24, 2.45) is 12.8 Å². The van der Waals surface area contributed by atoms with Crippen LogP contribution in [0.1, 0.15) is 32.4 Å². The molecule has 0 spiro atoms. The smallest absolute Gasteiger partial charge is 0.259 e. The number of nitrogens with zero attached hydrogens (tertiary/aromatic N) is 3. The Hall–Kier alpha value is -3.52. The van der Waals surface area contributed by atoms with Crippen LogP contribution in [0.2, 0.25) is 0 Å². The van der Waals surface area contributed by atoms with Crippen LogP contribution in [0.5, 0.6) is 0 Å². The molecule has 1 aromatic heterocycles. The number of primary amides is 1. The van der Waals surface area contributed by atoms with Crippen LogP contribution in [0.4, 0.5) is 5.69 Å². The lowest BCUT2D eigenvalue weighted by atomic mass is 10.0. The first-order chi connectivity index (χ1) is 14.5. The highest BCUT2D eigenvalue weighted by Crippen LogP contribution is 2.29. The third-order valence-electron chi connectivity index (χ3n) is 5.31. The van der Waals surface area contributed by atoms with E-state index in [1.807, 2.05) is 29.8 Å². The fourth-order valence-corrected chi connectivity index (χ4v) is 3.77. The minimum atomic E-state index is -0.720. The second kappa shape index (κ2) is 9.32. The Balaban J connectivity index is 1.96. The molecule has 3 rings (SSSR count). The summed E-state index contributed by atoms with van der Waals surface area (Å²) >= 11 is 0. The Labute approximate surface area is 178 Å². The maximum Gasteiger partial charge on any atom is 0.259 e. The molecule has 0 aliphatic heterocycles. The molecular formula is C25H28N4O. The number of anilines is 1. The Morgan fingerprint density at radius 1 is 1.07 bits per heavy atom. The van der Waals surface area contributed by atoms with E-state index in [2.05, 4.69) is 55.1 Å². The molecule has 3 aromatic rings. The van der Waals surface area contributed by atoms with Crippen molar-refractivity contribution in [1.82, 2.24) is 4.57 Å². The average Bonchev–Trinajstić information content (AvgIpc) is 3.11. The van der Waals surface area contributed by atoms with E-state index in [1.165, 1.54) is 22.5 Å². The van der Waals surface area contributed by atoms with Crippen molar-refractivity contribution in [3.05, 3.63) is 59.8 Å². The Bertz CT molecular complexity index is 1130. The van der Waals surface area contributed by atoms with Gasteiger partial charge in [-0.1, -0.05) is 32.0 Å². The molecule has 0 saturated heterocycles. The third-order valence-corrected chi connectivity index (χ3v) is 5.31. The molecule has 5 nitrogen and oxygen atoms in total. The fraction of sp³-hybridized carbons (Fsp3) is 0.280. The number of rotatable bonds is 8. The van der Waals surface area contributed by atoms with Gasteiger partial charge in [0, 0.05) is 37.2 Å². The van der Waals surface area contributed by atoms with E-state index in [0.717, 1.165) is 42.9 Å². The van der Waals surface area contributed by atoms with Gasteiger partial charge in [-0.3, -0.25) is 4.79 Å². The third kappa shape index (κ3) is 4.38. The number of aromatic nitrogens is 1. The van der Waals surface area contributed by atoms with Crippen LogP contribution in [-0.4, -0.2) is 23.6 Å². The van der Waals surface area contributed by atoms with Crippen molar-refractivity contribution in [2.75, 3.05) is 18.0 Å². The SMILES string of the molecule is CCCN(CCC)c1ccc2cc(-c3ccc(C=C(C#N)C(N)=O)n3C)ccc2c1. The second-order valence-electron chi connectivity index (χ2n) is 7.47. The highest BCUT2D eigenvalue weighted by molar-refractivity contribution is 6.00. The second-order valence-corrected chi connectivity index (χ2v) is 7.47. The van der Waals surface area contributed by atoms with Gasteiger partial charge in [0.1, 0.15) is 11.6 Å². The Morgan fingerprint density at radius 2 is 1.73 bits per heavy atom. The van der Waals surface area contributed by atoms with Gasteiger partial charge in [-0.05, 0) is 65.6 Å². The number of hydrogen-bond acceptors (Lipinski definition) is 3. The van der Waals surface area contributed by atoms with Crippen LogP contribution in [0.25, 0.3) is 28.1 Å². The van der Waals surface area contributed by atoms with Crippen molar-refractivity contribution in [2.45, 2.75) is 26.7 Å². The lowest BCUT2D eigenvalue weighted by Crippen LogP contribution is -2.24. The van der Waals surface area contributed by atoms with Crippen LogP contribution in [0, 0.1) is 11.3 Å². The van der Waals surface area contributed by atoms with E-state index in [9.17, 15) is 4.79 Å². The quantitative estimate of drug-likeness (QED) is 0.433. The molecule has 0 atom stereocenters. The van der Waals surface area contributed by atoms with Crippen molar-refractivity contribution >= 4 is 28.4 Å². The molecule has 154 valence electrons. The van der Waals surface area contributed by atoms with E-state index < -0.39 is 5.91 Å². The van der Waals surface area contributed by atoms with Gasteiger partial charge < -0.3 is 15.2 Å². The van der Waals surface area contributed by atoms with E-state index >= 15 is 0 Å². The highest BCUT2D eigenvalue weighted by atomic mass is 16.1. The highest BCUT2D eigenvalue weighted by Gasteiger charge is 2.11. The summed E-state index contributed by atoms with van der Waals surface area (Å²) < 4.78 is 1.96. The zero-order valence-corrected chi connectivity index (χ0v) is 17.9. The largest absolute Gasteiger partial charge is 0.372 e. The van der Waals surface area contributed by atoms with Crippen molar-refractivity contribution in [1.29, 1.82) is 5.26 Å². The molecule has 0 radical (unpaired) electrons. The van der Waals surface area contributed by atoms with E-state index in [1.54, 1.807) is 0 Å². The molecule has 0 aliphatic carbocycles. The summed E-state index contributed by atoms with van der Waals surface area (Å²) in [5.41, 5.74) is 9.30. The number of hydrogen-bond donors (Lipinski definition) is 1. The average molecular weight is 401 g/mol. The lowest BCUT2D eigenvalue weighted by molar-refractivity contribution is -0.114. The molecule has 1 heterocycles. The Morgan fingerprint density at radius 3 is 2.37 bits per heavy atom. The number of benzene rings is 2. The number of fused-ring (bicyclic) bond motifs is 1. The molecule has 30 heavy (non-hydrogen) atoms. The van der Waals surface area contributed by atoms with Crippen LogP contribution >= 0.6 is 0 Å². The van der Waals surface area contributed by atoms with Gasteiger partial charge in [-0.25, -0.2) is 0 Å². The zero-order chi connectivity index (χ0) is 21.7. The molecule has 0 bridgehead atoms. The van der Waals surface area contributed by atoms with Gasteiger partial charge in [-0.2, -0.15) is 5.26 Å². The van der Waals surface area contributed by atoms with E-state index in [0.29, 0.717) is 0 Å². The predicted molar refractivity (Wildman–Crippen MR) is 124 cm³/mol. The number of amides is 1. The standard InChI is InChI=1S/C25H28N4O/c1-4-12-29(13-5-2)23-9-8-18-14-20(7-6-19(18)15-23)24-11-10-22(28(24)3)16-21(17-26)25(27)30/h6-11,14-16H,4-5,12-13H2,1-3H3,(H2,27,30). The van der Waals surface area contributed by atoms with E-state index in [4.69, 9.17) is 11.0 Å². The topological polar surface area (TPSA) is 75.1 Å². The molecule has 2 aromatic carbocycles. The first-order valence-corrected chi connectivity index (χ1v) is 10.3. The van der Waals surface area contributed by atoms with Crippen LogP contribution in [0.15, 0.2) is 54.1 Å². The van der Waals surface area contributed by atoms with Crippen LogP contribution < -0.4 is 10.6 Å². The van der Waals surface area contributed by atoms with E-state index in [-0.39, 0.29) is 5.57 Å². The summed E-state index contributed by atoms with van der Waals surface area (Å²) in [6.45, 7) is 6.55. The summed E-state index contributed by atoms with van der Waals surface area (Å²) in [4.78, 5) is 13.8. The van der Waals surface area contributed by atoms with Gasteiger partial charge in [0.25, 0.3) is 5.91 Å². The van der Waals surface area contributed by atoms with Gasteiger partial charge in [0.2, 0.25) is 0 Å².